The maximum atomic E-state index is 12.2. The summed E-state index contributed by atoms with van der Waals surface area (Å²) in [5, 5.41) is 2.90. The molecule has 0 heterocycles. The summed E-state index contributed by atoms with van der Waals surface area (Å²) in [6.45, 7) is 3.86. The van der Waals surface area contributed by atoms with Crippen LogP contribution in [0, 0.1) is 0 Å². The molecule has 0 saturated carbocycles. The van der Waals surface area contributed by atoms with Gasteiger partial charge >= 0.3 is 0 Å². The SMILES string of the molecule is CCC(N)(CC)C(=O)Nc1ccc(-c2ccccc2)cc1. The lowest BCUT2D eigenvalue weighted by molar-refractivity contribution is -0.121. The molecule has 0 aliphatic carbocycles. The average molecular weight is 282 g/mol. The first-order valence-electron chi connectivity index (χ1n) is 7.35. The van der Waals surface area contributed by atoms with Gasteiger partial charge in [0.05, 0.1) is 5.54 Å². The first kappa shape index (κ1) is 15.3. The number of carbonyl (C=O) groups is 1. The van der Waals surface area contributed by atoms with Crippen LogP contribution in [0.3, 0.4) is 0 Å². The Morgan fingerprint density at radius 3 is 2.00 bits per heavy atom. The van der Waals surface area contributed by atoms with Crippen LogP contribution in [0.1, 0.15) is 26.7 Å². The number of nitrogens with one attached hydrogen (secondary N) is 1. The van der Waals surface area contributed by atoms with Gasteiger partial charge in [-0.05, 0) is 36.1 Å². The number of carbonyl (C=O) groups excluding carboxylic acids is 1. The summed E-state index contributed by atoms with van der Waals surface area (Å²) in [6, 6.07) is 18.0. The van der Waals surface area contributed by atoms with Gasteiger partial charge < -0.3 is 11.1 Å². The fraction of sp³-hybridized carbons (Fsp3) is 0.278. The number of amides is 1. The van der Waals surface area contributed by atoms with Gasteiger partial charge in [0.15, 0.2) is 0 Å². The molecule has 110 valence electrons. The summed E-state index contributed by atoms with van der Waals surface area (Å²) in [4.78, 5) is 12.2. The second-order valence-electron chi connectivity index (χ2n) is 5.26. The quantitative estimate of drug-likeness (QED) is 0.876. The van der Waals surface area contributed by atoms with E-state index in [2.05, 4.69) is 17.4 Å². The highest BCUT2D eigenvalue weighted by Crippen LogP contribution is 2.22. The van der Waals surface area contributed by atoms with E-state index in [1.54, 1.807) is 0 Å². The molecule has 0 fully saturated rings. The van der Waals surface area contributed by atoms with Crippen LogP contribution in [0.15, 0.2) is 54.6 Å². The van der Waals surface area contributed by atoms with Crippen LogP contribution in [0.4, 0.5) is 5.69 Å². The summed E-state index contributed by atoms with van der Waals surface area (Å²) in [6.07, 6.45) is 1.24. The monoisotopic (exact) mass is 282 g/mol. The number of nitrogens with two attached hydrogens (primary N) is 1. The Labute approximate surface area is 126 Å². The fourth-order valence-electron chi connectivity index (χ4n) is 2.20. The first-order chi connectivity index (χ1) is 10.1. The number of hydrogen-bond donors (Lipinski definition) is 2. The van der Waals surface area contributed by atoms with Gasteiger partial charge in [-0.15, -0.1) is 0 Å². The number of anilines is 1. The molecule has 2 aromatic carbocycles. The molecule has 0 unspecified atom stereocenters. The van der Waals surface area contributed by atoms with Crippen LogP contribution >= 0.6 is 0 Å². The van der Waals surface area contributed by atoms with E-state index in [0.29, 0.717) is 12.8 Å². The predicted octanol–water partition coefficient (Wildman–Crippen LogP) is 3.81. The Morgan fingerprint density at radius 2 is 1.48 bits per heavy atom. The van der Waals surface area contributed by atoms with Gasteiger partial charge in [0.1, 0.15) is 0 Å². The summed E-state index contributed by atoms with van der Waals surface area (Å²) in [5.41, 5.74) is 8.36. The van der Waals surface area contributed by atoms with Crippen molar-refractivity contribution in [3.63, 3.8) is 0 Å². The van der Waals surface area contributed by atoms with Crippen molar-refractivity contribution >= 4 is 11.6 Å². The lowest BCUT2D eigenvalue weighted by atomic mass is 9.93. The van der Waals surface area contributed by atoms with Gasteiger partial charge in [0.2, 0.25) is 5.91 Å². The van der Waals surface area contributed by atoms with E-state index in [1.165, 1.54) is 0 Å². The van der Waals surface area contributed by atoms with Crippen molar-refractivity contribution < 1.29 is 4.79 Å². The Hall–Kier alpha value is -2.13. The van der Waals surface area contributed by atoms with Crippen LogP contribution in [0.25, 0.3) is 11.1 Å². The van der Waals surface area contributed by atoms with Gasteiger partial charge in [0, 0.05) is 5.69 Å². The second-order valence-corrected chi connectivity index (χ2v) is 5.26. The normalized spacial score (nSPS) is 11.2. The molecule has 0 bridgehead atoms. The highest BCUT2D eigenvalue weighted by atomic mass is 16.2. The number of hydrogen-bond acceptors (Lipinski definition) is 2. The van der Waals surface area contributed by atoms with Crippen molar-refractivity contribution in [3.8, 4) is 11.1 Å². The van der Waals surface area contributed by atoms with Gasteiger partial charge in [-0.25, -0.2) is 0 Å². The standard InChI is InChI=1S/C18H22N2O/c1-3-18(19,4-2)17(21)20-16-12-10-15(11-13-16)14-8-6-5-7-9-14/h5-13H,3-4,19H2,1-2H3,(H,20,21). The van der Waals surface area contributed by atoms with E-state index in [0.717, 1.165) is 16.8 Å². The largest absolute Gasteiger partial charge is 0.324 e. The van der Waals surface area contributed by atoms with Gasteiger partial charge in [0.25, 0.3) is 0 Å². The summed E-state index contributed by atoms with van der Waals surface area (Å²) < 4.78 is 0. The molecule has 0 saturated heterocycles. The molecular formula is C18H22N2O. The fourth-order valence-corrected chi connectivity index (χ4v) is 2.20. The molecule has 0 radical (unpaired) electrons. The third-order valence-electron chi connectivity index (χ3n) is 3.96. The average Bonchev–Trinajstić information content (AvgIpc) is 2.55. The summed E-state index contributed by atoms with van der Waals surface area (Å²) in [5.74, 6) is -0.125. The predicted molar refractivity (Wildman–Crippen MR) is 88.0 cm³/mol. The molecular weight excluding hydrogens is 260 g/mol. The Morgan fingerprint density at radius 1 is 0.952 bits per heavy atom. The van der Waals surface area contributed by atoms with Crippen molar-refractivity contribution in [2.24, 2.45) is 5.73 Å². The van der Waals surface area contributed by atoms with Crippen LogP contribution < -0.4 is 11.1 Å². The first-order valence-corrected chi connectivity index (χ1v) is 7.35. The lowest BCUT2D eigenvalue weighted by Gasteiger charge is -2.25. The minimum atomic E-state index is -0.794. The van der Waals surface area contributed by atoms with Crippen LogP contribution in [-0.2, 0) is 4.79 Å². The zero-order chi connectivity index (χ0) is 15.3. The minimum Gasteiger partial charge on any atom is -0.324 e. The van der Waals surface area contributed by atoms with Crippen molar-refractivity contribution in [3.05, 3.63) is 54.6 Å². The second kappa shape index (κ2) is 6.55. The molecule has 3 nitrogen and oxygen atoms in total. The molecule has 3 heteroatoms. The molecule has 0 aliphatic heterocycles. The van der Waals surface area contributed by atoms with Crippen LogP contribution in [0.5, 0.6) is 0 Å². The topological polar surface area (TPSA) is 55.1 Å². The molecule has 1 amide bonds. The van der Waals surface area contributed by atoms with E-state index in [-0.39, 0.29) is 5.91 Å². The third kappa shape index (κ3) is 3.50. The highest BCUT2D eigenvalue weighted by Gasteiger charge is 2.29. The van der Waals surface area contributed by atoms with Crippen molar-refractivity contribution in [1.29, 1.82) is 0 Å². The van der Waals surface area contributed by atoms with Gasteiger partial charge in [-0.2, -0.15) is 0 Å². The van der Waals surface area contributed by atoms with Crippen molar-refractivity contribution in [2.75, 3.05) is 5.32 Å². The van der Waals surface area contributed by atoms with Crippen molar-refractivity contribution in [1.82, 2.24) is 0 Å². The Bertz CT molecular complexity index is 586. The Kier molecular flexibility index (Phi) is 4.76. The Balaban J connectivity index is 2.12. The maximum absolute atomic E-state index is 12.2. The molecule has 2 aromatic rings. The molecule has 3 N–H and O–H groups in total. The number of rotatable bonds is 5. The van der Waals surface area contributed by atoms with E-state index in [1.807, 2.05) is 56.3 Å². The third-order valence-corrected chi connectivity index (χ3v) is 3.96. The minimum absolute atomic E-state index is 0.125. The van der Waals surface area contributed by atoms with Crippen LogP contribution in [0.2, 0.25) is 0 Å². The smallest absolute Gasteiger partial charge is 0.244 e. The molecule has 0 aromatic heterocycles. The highest BCUT2D eigenvalue weighted by molar-refractivity contribution is 5.98. The molecule has 21 heavy (non-hydrogen) atoms. The van der Waals surface area contributed by atoms with E-state index >= 15 is 0 Å². The molecule has 0 atom stereocenters. The van der Waals surface area contributed by atoms with E-state index in [4.69, 9.17) is 5.73 Å². The molecule has 0 aliphatic rings. The zero-order valence-corrected chi connectivity index (χ0v) is 12.6. The van der Waals surface area contributed by atoms with Crippen LogP contribution in [-0.4, -0.2) is 11.4 Å². The lowest BCUT2D eigenvalue weighted by Crippen LogP contribution is -2.50. The molecule has 0 spiro atoms. The van der Waals surface area contributed by atoms with Gasteiger partial charge in [-0.3, -0.25) is 4.79 Å². The van der Waals surface area contributed by atoms with Gasteiger partial charge in [-0.1, -0.05) is 56.3 Å². The maximum Gasteiger partial charge on any atom is 0.244 e. The zero-order valence-electron chi connectivity index (χ0n) is 12.6. The number of benzene rings is 2. The van der Waals surface area contributed by atoms with Crippen molar-refractivity contribution in [2.45, 2.75) is 32.2 Å². The molecule has 2 rings (SSSR count). The van der Waals surface area contributed by atoms with E-state index in [9.17, 15) is 4.79 Å². The van der Waals surface area contributed by atoms with E-state index < -0.39 is 5.54 Å². The summed E-state index contributed by atoms with van der Waals surface area (Å²) >= 11 is 0. The summed E-state index contributed by atoms with van der Waals surface area (Å²) in [7, 11) is 0.